The van der Waals surface area contributed by atoms with Crippen molar-refractivity contribution in [3.05, 3.63) is 29.8 Å². The highest BCUT2D eigenvalue weighted by atomic mass is 16.2. The molecule has 0 radical (unpaired) electrons. The molecule has 0 bridgehead atoms. The van der Waals surface area contributed by atoms with E-state index >= 15 is 0 Å². The van der Waals surface area contributed by atoms with E-state index in [2.05, 4.69) is 37.5 Å². The first-order chi connectivity index (χ1) is 8.57. The molecule has 1 amide bonds. The number of hydrogen-bond acceptors (Lipinski definition) is 2. The van der Waals surface area contributed by atoms with Crippen LogP contribution in [0.4, 0.5) is 5.69 Å². The van der Waals surface area contributed by atoms with E-state index in [1.807, 2.05) is 18.2 Å². The topological polar surface area (TPSA) is 41.1 Å². The van der Waals surface area contributed by atoms with Crippen LogP contribution >= 0.6 is 0 Å². The van der Waals surface area contributed by atoms with Crippen LogP contribution in [0.1, 0.15) is 39.2 Å². The summed E-state index contributed by atoms with van der Waals surface area (Å²) < 4.78 is 0. The highest BCUT2D eigenvalue weighted by Crippen LogP contribution is 2.40. The number of para-hydroxylation sites is 1. The van der Waals surface area contributed by atoms with E-state index in [-0.39, 0.29) is 17.4 Å². The minimum absolute atomic E-state index is 0.102. The van der Waals surface area contributed by atoms with Crippen molar-refractivity contribution in [1.82, 2.24) is 5.32 Å². The van der Waals surface area contributed by atoms with Crippen molar-refractivity contribution in [2.24, 2.45) is 0 Å². The fraction of sp³-hybridized carbons (Fsp3) is 0.533. The lowest BCUT2D eigenvalue weighted by atomic mass is 9.80. The highest BCUT2D eigenvalue weighted by molar-refractivity contribution is 5.89. The van der Waals surface area contributed by atoms with Gasteiger partial charge in [-0.25, -0.2) is 0 Å². The van der Waals surface area contributed by atoms with E-state index in [0.29, 0.717) is 0 Å². The van der Waals surface area contributed by atoms with Crippen molar-refractivity contribution in [2.75, 3.05) is 11.9 Å². The van der Waals surface area contributed by atoms with Crippen molar-refractivity contribution in [3.8, 4) is 0 Å². The number of anilines is 1. The lowest BCUT2D eigenvalue weighted by molar-refractivity contribution is -0.122. The Bertz CT molecular complexity index is 440. The van der Waals surface area contributed by atoms with Gasteiger partial charge in [0.1, 0.15) is 6.04 Å². The maximum Gasteiger partial charge on any atom is 0.243 e. The molecule has 18 heavy (non-hydrogen) atoms. The number of hydrogen-bond donors (Lipinski definition) is 2. The van der Waals surface area contributed by atoms with Crippen LogP contribution in [0.5, 0.6) is 0 Å². The second-order valence-corrected chi connectivity index (χ2v) is 5.49. The van der Waals surface area contributed by atoms with Gasteiger partial charge in [-0.05, 0) is 18.1 Å². The predicted octanol–water partition coefficient (Wildman–Crippen LogP) is 2.67. The van der Waals surface area contributed by atoms with Gasteiger partial charge in [-0.15, -0.1) is 0 Å². The molecule has 2 rings (SSSR count). The molecule has 1 aromatic carbocycles. The van der Waals surface area contributed by atoms with Gasteiger partial charge in [-0.1, -0.05) is 45.4 Å². The van der Waals surface area contributed by atoms with Gasteiger partial charge in [0, 0.05) is 17.6 Å². The minimum Gasteiger partial charge on any atom is -0.373 e. The highest BCUT2D eigenvalue weighted by Gasteiger charge is 2.43. The van der Waals surface area contributed by atoms with Gasteiger partial charge in [0.2, 0.25) is 5.91 Å². The molecule has 3 heteroatoms. The summed E-state index contributed by atoms with van der Waals surface area (Å²) in [6.07, 6.45) is 2.13. The molecule has 0 saturated heterocycles. The number of carbonyl (C=O) groups is 1. The third-order valence-electron chi connectivity index (χ3n) is 3.73. The Morgan fingerprint density at radius 2 is 2.11 bits per heavy atom. The molecule has 1 atom stereocenters. The maximum absolute atomic E-state index is 12.2. The Morgan fingerprint density at radius 3 is 2.78 bits per heavy atom. The van der Waals surface area contributed by atoms with Crippen molar-refractivity contribution in [2.45, 2.75) is 45.1 Å². The van der Waals surface area contributed by atoms with Crippen LogP contribution in [0.15, 0.2) is 24.3 Å². The average Bonchev–Trinajstić information content (AvgIpc) is 2.62. The molecule has 3 nitrogen and oxygen atoms in total. The minimum atomic E-state index is -0.174. The molecule has 0 fully saturated rings. The first-order valence-electron chi connectivity index (χ1n) is 6.71. The fourth-order valence-electron chi connectivity index (χ4n) is 2.55. The van der Waals surface area contributed by atoms with Crippen molar-refractivity contribution >= 4 is 11.6 Å². The Labute approximate surface area is 109 Å². The number of nitrogens with one attached hydrogen (secondary N) is 2. The Kier molecular flexibility index (Phi) is 3.60. The molecule has 0 spiro atoms. The van der Waals surface area contributed by atoms with E-state index in [4.69, 9.17) is 0 Å². The largest absolute Gasteiger partial charge is 0.373 e. The SMILES string of the molecule is CCCCNC(=O)[C@@H]1Nc2ccccc2C1(C)C. The molecule has 1 heterocycles. The molecule has 2 N–H and O–H groups in total. The zero-order valence-corrected chi connectivity index (χ0v) is 11.4. The first-order valence-corrected chi connectivity index (χ1v) is 6.71. The van der Waals surface area contributed by atoms with E-state index in [0.717, 1.165) is 25.1 Å². The van der Waals surface area contributed by atoms with Crippen molar-refractivity contribution < 1.29 is 4.79 Å². The monoisotopic (exact) mass is 246 g/mol. The van der Waals surface area contributed by atoms with Gasteiger partial charge in [0.25, 0.3) is 0 Å². The molecule has 0 saturated carbocycles. The van der Waals surface area contributed by atoms with E-state index < -0.39 is 0 Å². The van der Waals surface area contributed by atoms with Crippen LogP contribution in [0, 0.1) is 0 Å². The Balaban J connectivity index is 2.11. The van der Waals surface area contributed by atoms with Gasteiger partial charge >= 0.3 is 0 Å². The van der Waals surface area contributed by atoms with Crippen LogP contribution in [0.3, 0.4) is 0 Å². The standard InChI is InChI=1S/C15H22N2O/c1-4-5-10-16-14(18)13-15(2,3)11-8-6-7-9-12(11)17-13/h6-9,13,17H,4-5,10H2,1-3H3,(H,16,18)/t13-/m0/s1. The van der Waals surface area contributed by atoms with E-state index in [9.17, 15) is 4.79 Å². The Hall–Kier alpha value is -1.51. The van der Waals surface area contributed by atoms with Crippen LogP contribution in [-0.2, 0) is 10.2 Å². The summed E-state index contributed by atoms with van der Waals surface area (Å²) in [6, 6.07) is 7.99. The summed E-state index contributed by atoms with van der Waals surface area (Å²) in [4.78, 5) is 12.2. The lowest BCUT2D eigenvalue weighted by Crippen LogP contribution is -2.47. The number of benzene rings is 1. The van der Waals surface area contributed by atoms with Crippen LogP contribution in [-0.4, -0.2) is 18.5 Å². The van der Waals surface area contributed by atoms with Gasteiger partial charge < -0.3 is 10.6 Å². The van der Waals surface area contributed by atoms with Gasteiger partial charge in [-0.3, -0.25) is 4.79 Å². The molecule has 0 aliphatic carbocycles. The molecule has 1 aliphatic heterocycles. The van der Waals surface area contributed by atoms with E-state index in [1.54, 1.807) is 0 Å². The zero-order chi connectivity index (χ0) is 13.2. The van der Waals surface area contributed by atoms with Gasteiger partial charge in [0.05, 0.1) is 0 Å². The van der Waals surface area contributed by atoms with Crippen molar-refractivity contribution in [3.63, 3.8) is 0 Å². The number of rotatable bonds is 4. The molecule has 1 aromatic rings. The molecule has 0 unspecified atom stereocenters. The van der Waals surface area contributed by atoms with E-state index in [1.165, 1.54) is 5.56 Å². The molecule has 1 aliphatic rings. The van der Waals surface area contributed by atoms with Crippen LogP contribution in [0.2, 0.25) is 0 Å². The normalized spacial score (nSPS) is 20.1. The predicted molar refractivity (Wildman–Crippen MR) is 74.8 cm³/mol. The first kappa shape index (κ1) is 12.9. The summed E-state index contributed by atoms with van der Waals surface area (Å²) in [5.41, 5.74) is 2.14. The Morgan fingerprint density at radius 1 is 1.39 bits per heavy atom. The number of amides is 1. The van der Waals surface area contributed by atoms with Gasteiger partial charge in [0.15, 0.2) is 0 Å². The number of unbranched alkanes of at least 4 members (excludes halogenated alkanes) is 1. The second-order valence-electron chi connectivity index (χ2n) is 5.49. The number of carbonyl (C=O) groups excluding carboxylic acids is 1. The van der Waals surface area contributed by atoms with Crippen LogP contribution in [0.25, 0.3) is 0 Å². The summed E-state index contributed by atoms with van der Waals surface area (Å²) in [7, 11) is 0. The average molecular weight is 246 g/mol. The zero-order valence-electron chi connectivity index (χ0n) is 11.4. The quantitative estimate of drug-likeness (QED) is 0.802. The van der Waals surface area contributed by atoms with Gasteiger partial charge in [-0.2, -0.15) is 0 Å². The summed E-state index contributed by atoms with van der Waals surface area (Å²) in [5.74, 6) is 0.102. The smallest absolute Gasteiger partial charge is 0.243 e. The number of fused-ring (bicyclic) bond motifs is 1. The third kappa shape index (κ3) is 2.22. The lowest BCUT2D eigenvalue weighted by Gasteiger charge is -2.26. The summed E-state index contributed by atoms with van der Waals surface area (Å²) in [6.45, 7) is 7.13. The third-order valence-corrected chi connectivity index (χ3v) is 3.73. The summed E-state index contributed by atoms with van der Waals surface area (Å²) >= 11 is 0. The molecule has 0 aromatic heterocycles. The van der Waals surface area contributed by atoms with Crippen LogP contribution < -0.4 is 10.6 Å². The maximum atomic E-state index is 12.2. The molecular formula is C15H22N2O. The fourth-order valence-corrected chi connectivity index (χ4v) is 2.55. The van der Waals surface area contributed by atoms with Crippen molar-refractivity contribution in [1.29, 1.82) is 0 Å². The second kappa shape index (κ2) is 5.01. The molecular weight excluding hydrogens is 224 g/mol. The summed E-state index contributed by atoms with van der Waals surface area (Å²) in [5, 5.41) is 6.35. The molecule has 98 valence electrons.